The molecule has 0 fully saturated rings. The van der Waals surface area contributed by atoms with E-state index in [4.69, 9.17) is 0 Å². The van der Waals surface area contributed by atoms with Crippen LogP contribution in [-0.2, 0) is 11.0 Å². The number of anilines is 1. The van der Waals surface area contributed by atoms with Crippen LogP contribution in [0.1, 0.15) is 12.5 Å². The van der Waals surface area contributed by atoms with Gasteiger partial charge in [-0.2, -0.15) is 0 Å². The monoisotopic (exact) mass is 586 g/mol. The largest absolute Gasteiger partial charge is 0.326 e. The maximum Gasteiger partial charge on any atom is 0.221 e. The molecule has 0 saturated carbocycles. The van der Waals surface area contributed by atoms with E-state index < -0.39 is 7.26 Å². The van der Waals surface area contributed by atoms with Crippen molar-refractivity contribution in [3.63, 3.8) is 0 Å². The van der Waals surface area contributed by atoms with Crippen molar-refractivity contribution in [3.05, 3.63) is 169 Å². The first kappa shape index (κ1) is 27.8. The highest BCUT2D eigenvalue weighted by molar-refractivity contribution is 7.95. The van der Waals surface area contributed by atoms with Gasteiger partial charge in [-0.25, -0.2) is 0 Å². The quantitative estimate of drug-likeness (QED) is 0.186. The van der Waals surface area contributed by atoms with Crippen LogP contribution in [0.3, 0.4) is 0 Å². The smallest absolute Gasteiger partial charge is 0.221 e. The Balaban J connectivity index is 1.69. The molecule has 0 saturated heterocycles. The summed E-state index contributed by atoms with van der Waals surface area (Å²) in [4.78, 5) is 12.7. The summed E-state index contributed by atoms with van der Waals surface area (Å²) in [6.45, 7) is 1.59. The minimum absolute atomic E-state index is 0.0835. The predicted octanol–water partition coefficient (Wildman–Crippen LogP) is 9.11. The second-order valence-corrected chi connectivity index (χ2v) is 14.6. The van der Waals surface area contributed by atoms with Crippen LogP contribution in [0, 0.1) is 0 Å². The number of benzene rings is 7. The van der Waals surface area contributed by atoms with Crippen molar-refractivity contribution in [2.24, 2.45) is 0 Å². The Hall–Kier alpha value is -5.04. The maximum absolute atomic E-state index is 12.7. The van der Waals surface area contributed by atoms with Crippen LogP contribution in [0.25, 0.3) is 32.7 Å². The molecule has 3 heteroatoms. The number of fused-ring (bicyclic) bond motifs is 2. The minimum Gasteiger partial charge on any atom is -0.326 e. The molecule has 0 heterocycles. The van der Waals surface area contributed by atoms with Gasteiger partial charge in [-0.1, -0.05) is 127 Å². The molecular formula is C41H33NOP+. The van der Waals surface area contributed by atoms with Crippen molar-refractivity contribution < 1.29 is 4.79 Å². The van der Waals surface area contributed by atoms with E-state index in [0.29, 0.717) is 0 Å². The van der Waals surface area contributed by atoms with E-state index in [2.05, 4.69) is 169 Å². The standard InChI is InChI=1S/C41H32NOP/c1-30(43)42-38-27-25-32-17-11-13-23-36(32)40(38)41-37-24-14-12-18-33(37)26-28-39(41)44(34-19-7-3-8-20-34,35-21-9-4-10-22-35)29-31-15-5-2-6-16-31/h2-28H,29H2,1H3/p+1. The zero-order valence-corrected chi connectivity index (χ0v) is 25.5. The third-order valence-corrected chi connectivity index (χ3v) is 12.9. The number of hydrogen-bond acceptors (Lipinski definition) is 1. The number of nitrogens with one attached hydrogen (secondary N) is 1. The van der Waals surface area contributed by atoms with Gasteiger partial charge >= 0.3 is 0 Å². The van der Waals surface area contributed by atoms with E-state index in [1.807, 2.05) is 0 Å². The Bertz CT molecular complexity index is 2050. The Morgan fingerprint density at radius 1 is 0.523 bits per heavy atom. The molecule has 0 atom stereocenters. The topological polar surface area (TPSA) is 29.1 Å². The summed E-state index contributed by atoms with van der Waals surface area (Å²) in [7, 11) is -2.33. The maximum atomic E-state index is 12.7. The highest BCUT2D eigenvalue weighted by Crippen LogP contribution is 2.61. The Morgan fingerprint density at radius 2 is 1.00 bits per heavy atom. The molecule has 0 aliphatic heterocycles. The van der Waals surface area contributed by atoms with Gasteiger partial charge in [-0.05, 0) is 63.5 Å². The fraction of sp³-hybridized carbons (Fsp3) is 0.0488. The van der Waals surface area contributed by atoms with Gasteiger partial charge in [-0.15, -0.1) is 0 Å². The van der Waals surface area contributed by atoms with E-state index in [0.717, 1.165) is 28.2 Å². The van der Waals surface area contributed by atoms with Crippen LogP contribution in [0.4, 0.5) is 5.69 Å². The number of hydrogen-bond donors (Lipinski definition) is 1. The van der Waals surface area contributed by atoms with Crippen LogP contribution >= 0.6 is 7.26 Å². The van der Waals surface area contributed by atoms with Crippen molar-refractivity contribution in [1.29, 1.82) is 0 Å². The summed E-state index contributed by atoms with van der Waals surface area (Å²) < 4.78 is 0. The first-order valence-electron chi connectivity index (χ1n) is 15.0. The predicted molar refractivity (Wildman–Crippen MR) is 190 cm³/mol. The third kappa shape index (κ3) is 4.98. The molecule has 2 nitrogen and oxygen atoms in total. The second kappa shape index (κ2) is 11.9. The lowest BCUT2D eigenvalue weighted by molar-refractivity contribution is -0.114. The summed E-state index contributed by atoms with van der Waals surface area (Å²) in [6, 6.07) is 59.0. The number of rotatable bonds is 7. The third-order valence-electron chi connectivity index (χ3n) is 8.46. The van der Waals surface area contributed by atoms with Gasteiger partial charge in [0.15, 0.2) is 0 Å². The Labute approximate surface area is 259 Å². The van der Waals surface area contributed by atoms with Crippen molar-refractivity contribution in [2.45, 2.75) is 13.1 Å². The van der Waals surface area contributed by atoms with E-state index in [-0.39, 0.29) is 5.91 Å². The molecule has 0 bridgehead atoms. The van der Waals surface area contributed by atoms with E-state index in [9.17, 15) is 4.79 Å². The van der Waals surface area contributed by atoms with Crippen LogP contribution < -0.4 is 21.2 Å². The minimum atomic E-state index is -2.33. The van der Waals surface area contributed by atoms with Crippen LogP contribution in [0.15, 0.2) is 164 Å². The van der Waals surface area contributed by atoms with Gasteiger partial charge in [0.1, 0.15) is 23.2 Å². The molecule has 0 aliphatic rings. The zero-order valence-electron chi connectivity index (χ0n) is 24.7. The second-order valence-electron chi connectivity index (χ2n) is 11.2. The highest BCUT2D eigenvalue weighted by Gasteiger charge is 2.48. The van der Waals surface area contributed by atoms with Gasteiger partial charge in [0, 0.05) is 23.7 Å². The molecule has 7 rings (SSSR count). The van der Waals surface area contributed by atoms with Gasteiger partial charge in [0.25, 0.3) is 0 Å². The van der Waals surface area contributed by atoms with Gasteiger partial charge in [-0.3, -0.25) is 4.79 Å². The molecule has 1 N–H and O–H groups in total. The van der Waals surface area contributed by atoms with Crippen molar-refractivity contribution in [1.82, 2.24) is 0 Å². The first-order valence-corrected chi connectivity index (χ1v) is 17.0. The van der Waals surface area contributed by atoms with E-state index >= 15 is 0 Å². The van der Waals surface area contributed by atoms with E-state index in [1.54, 1.807) is 6.92 Å². The first-order chi connectivity index (χ1) is 21.6. The molecule has 0 radical (unpaired) electrons. The summed E-state index contributed by atoms with van der Waals surface area (Å²) in [5, 5.41) is 11.8. The molecule has 1 amide bonds. The van der Waals surface area contributed by atoms with E-state index in [1.165, 1.54) is 37.8 Å². The van der Waals surface area contributed by atoms with Crippen molar-refractivity contribution in [2.75, 3.05) is 5.32 Å². The number of carbonyl (C=O) groups excluding carboxylic acids is 1. The fourth-order valence-electron chi connectivity index (χ4n) is 6.59. The zero-order chi connectivity index (χ0) is 29.9. The van der Waals surface area contributed by atoms with Crippen LogP contribution in [0.2, 0.25) is 0 Å². The number of amides is 1. The normalized spacial score (nSPS) is 11.5. The van der Waals surface area contributed by atoms with Crippen molar-refractivity contribution >= 4 is 56.3 Å². The molecule has 0 aliphatic carbocycles. The molecule has 0 aromatic heterocycles. The fourth-order valence-corrected chi connectivity index (χ4v) is 11.0. The molecule has 7 aromatic carbocycles. The lowest BCUT2D eigenvalue weighted by atomic mass is 9.92. The van der Waals surface area contributed by atoms with Crippen LogP contribution in [0.5, 0.6) is 0 Å². The molecule has 7 aromatic rings. The summed E-state index contributed by atoms with van der Waals surface area (Å²) in [5.74, 6) is -0.0835. The summed E-state index contributed by atoms with van der Waals surface area (Å²) in [6.07, 6.45) is 0.868. The summed E-state index contributed by atoms with van der Waals surface area (Å²) >= 11 is 0. The Morgan fingerprint density at radius 3 is 1.57 bits per heavy atom. The Kier molecular flexibility index (Phi) is 7.52. The highest BCUT2D eigenvalue weighted by atomic mass is 31.2. The van der Waals surface area contributed by atoms with Gasteiger partial charge in [0.2, 0.25) is 5.91 Å². The van der Waals surface area contributed by atoms with Crippen LogP contribution in [-0.4, -0.2) is 5.91 Å². The number of carbonyl (C=O) groups is 1. The average molecular weight is 587 g/mol. The molecule has 0 spiro atoms. The van der Waals surface area contributed by atoms with Gasteiger partial charge in [0.05, 0.1) is 6.16 Å². The summed E-state index contributed by atoms with van der Waals surface area (Å²) in [5.41, 5.74) is 4.37. The SMILES string of the molecule is CC(=O)Nc1ccc2ccccc2c1-c1c([P+](Cc2ccccc2)(c2ccccc2)c2ccccc2)ccc2ccccc12. The molecule has 44 heavy (non-hydrogen) atoms. The van der Waals surface area contributed by atoms with Crippen molar-refractivity contribution in [3.8, 4) is 11.1 Å². The molecule has 212 valence electrons. The average Bonchev–Trinajstić information content (AvgIpc) is 3.08. The molecular weight excluding hydrogens is 553 g/mol. The lowest BCUT2D eigenvalue weighted by Crippen LogP contribution is -2.34. The molecule has 0 unspecified atom stereocenters. The lowest BCUT2D eigenvalue weighted by Gasteiger charge is -2.31. The van der Waals surface area contributed by atoms with Gasteiger partial charge < -0.3 is 5.32 Å².